The fraction of sp³-hybridized carbons (Fsp3) is 0.111. The minimum Gasteiger partial charge on any atom is -0.144 e. The van der Waals surface area contributed by atoms with E-state index in [2.05, 4.69) is 12.1 Å². The Balaban J connectivity index is 2.91. The minimum absolute atomic E-state index is 0.648. The fourth-order valence-corrected chi connectivity index (χ4v) is 1.76. The zero-order valence-corrected chi connectivity index (χ0v) is 6.53. The van der Waals surface area contributed by atoms with Gasteiger partial charge in [0.2, 0.25) is 0 Å². The monoisotopic (exact) mass is 149 g/mol. The molecule has 0 radical (unpaired) electrons. The van der Waals surface area contributed by atoms with E-state index in [-0.39, 0.29) is 0 Å². The first kappa shape index (κ1) is 4.91. The molecule has 0 saturated carbocycles. The summed E-state index contributed by atoms with van der Waals surface area (Å²) in [4.78, 5) is 0. The molecule has 0 aliphatic carbocycles. The molecule has 2 rings (SSSR count). The van der Waals surface area contributed by atoms with E-state index in [1.54, 1.807) is 11.3 Å². The maximum Gasteiger partial charge on any atom is 0.0638 e. The summed E-state index contributed by atoms with van der Waals surface area (Å²) in [5, 5.41) is 3.22. The third kappa shape index (κ3) is 0.830. The predicted molar refractivity (Wildman–Crippen MR) is 46.6 cm³/mol. The lowest BCUT2D eigenvalue weighted by Crippen LogP contribution is -1.67. The van der Waals surface area contributed by atoms with Gasteiger partial charge in [0.25, 0.3) is 0 Å². The van der Waals surface area contributed by atoms with Crippen LogP contribution in [-0.2, 0) is 0 Å². The highest BCUT2D eigenvalue weighted by molar-refractivity contribution is 7.17. The van der Waals surface area contributed by atoms with Gasteiger partial charge in [0, 0.05) is 4.70 Å². The first-order chi connectivity index (χ1) is 5.27. The summed E-state index contributed by atoms with van der Waals surface area (Å²) in [7, 11) is 0. The molecule has 0 fully saturated rings. The van der Waals surface area contributed by atoms with Gasteiger partial charge in [0.15, 0.2) is 0 Å². The Morgan fingerprint density at radius 1 is 1.50 bits per heavy atom. The quantitative estimate of drug-likeness (QED) is 0.539. The van der Waals surface area contributed by atoms with Crippen LogP contribution < -0.4 is 0 Å². The van der Waals surface area contributed by atoms with Crippen LogP contribution in [0.5, 0.6) is 0 Å². The van der Waals surface area contributed by atoms with Crippen LogP contribution in [0, 0.1) is 6.92 Å². The molecule has 1 aromatic heterocycles. The Kier molecular flexibility index (Phi) is 1.03. The molecule has 1 aromatic carbocycles. The van der Waals surface area contributed by atoms with Crippen molar-refractivity contribution in [2.24, 2.45) is 0 Å². The average molecular weight is 149 g/mol. The van der Waals surface area contributed by atoms with E-state index in [4.69, 9.17) is 1.37 Å². The van der Waals surface area contributed by atoms with Gasteiger partial charge in [-0.15, -0.1) is 11.3 Å². The second-order valence-electron chi connectivity index (χ2n) is 2.38. The molecule has 0 aliphatic heterocycles. The van der Waals surface area contributed by atoms with Crippen LogP contribution in [0.1, 0.15) is 6.93 Å². The van der Waals surface area contributed by atoms with Crippen molar-refractivity contribution in [2.75, 3.05) is 0 Å². The average Bonchev–Trinajstić information content (AvgIpc) is 2.34. The van der Waals surface area contributed by atoms with Crippen molar-refractivity contribution < 1.29 is 1.37 Å². The summed E-state index contributed by atoms with van der Waals surface area (Å²) < 4.78 is 8.72. The third-order valence-electron chi connectivity index (χ3n) is 1.51. The van der Waals surface area contributed by atoms with Crippen LogP contribution >= 0.6 is 11.3 Å². The zero-order valence-electron chi connectivity index (χ0n) is 6.72. The first-order valence-electron chi connectivity index (χ1n) is 3.72. The molecule has 0 N–H and O–H groups in total. The number of aryl methyl sites for hydroxylation is 1. The Labute approximate surface area is 65.5 Å². The second kappa shape index (κ2) is 2.10. The number of thiophene rings is 1. The maximum atomic E-state index is 7.63. The fourth-order valence-electron chi connectivity index (χ4n) is 1.02. The number of rotatable bonds is 0. The highest BCUT2D eigenvalue weighted by Crippen LogP contribution is 2.20. The molecule has 0 atom stereocenters. The van der Waals surface area contributed by atoms with E-state index < -0.39 is 0 Å². The molecule has 0 aliphatic rings. The van der Waals surface area contributed by atoms with Crippen LogP contribution in [0.4, 0.5) is 0 Å². The van der Waals surface area contributed by atoms with Crippen LogP contribution in [0.25, 0.3) is 10.1 Å². The maximum absolute atomic E-state index is 7.63. The molecular formula is C9H8S. The van der Waals surface area contributed by atoms with Gasteiger partial charge in [-0.25, -0.2) is 0 Å². The van der Waals surface area contributed by atoms with Crippen LogP contribution in [0.3, 0.4) is 0 Å². The molecule has 2 aromatic rings. The molecule has 0 spiro atoms. The molecule has 0 nitrogen and oxygen atoms in total. The lowest BCUT2D eigenvalue weighted by atomic mass is 10.2. The SMILES string of the molecule is [2H]c1cc(C)cc2ccsc12. The Bertz CT molecular complexity index is 389. The largest absolute Gasteiger partial charge is 0.144 e. The second-order valence-corrected chi connectivity index (χ2v) is 3.30. The highest BCUT2D eigenvalue weighted by Gasteiger charge is 1.91. The number of hydrogen-bond donors (Lipinski definition) is 0. The van der Waals surface area contributed by atoms with Gasteiger partial charge < -0.3 is 0 Å². The van der Waals surface area contributed by atoms with E-state index in [0.29, 0.717) is 6.04 Å². The lowest BCUT2D eigenvalue weighted by Gasteiger charge is -1.89. The molecule has 0 amide bonds. The van der Waals surface area contributed by atoms with Crippen LogP contribution in [-0.4, -0.2) is 0 Å². The van der Waals surface area contributed by atoms with E-state index in [9.17, 15) is 0 Å². The molecule has 0 unspecified atom stereocenters. The highest BCUT2D eigenvalue weighted by atomic mass is 32.1. The van der Waals surface area contributed by atoms with Crippen molar-refractivity contribution >= 4 is 21.4 Å². The smallest absolute Gasteiger partial charge is 0.0638 e. The molecule has 1 heteroatoms. The van der Waals surface area contributed by atoms with E-state index in [1.807, 2.05) is 18.4 Å². The van der Waals surface area contributed by atoms with Gasteiger partial charge in [-0.1, -0.05) is 17.7 Å². The zero-order chi connectivity index (χ0) is 7.84. The summed E-state index contributed by atoms with van der Waals surface area (Å²) in [5.74, 6) is 0. The van der Waals surface area contributed by atoms with Gasteiger partial charge in [-0.2, -0.15) is 0 Å². The first-order valence-corrected chi connectivity index (χ1v) is 4.10. The number of hydrogen-bond acceptors (Lipinski definition) is 1. The van der Waals surface area contributed by atoms with Crippen molar-refractivity contribution in [1.29, 1.82) is 0 Å². The van der Waals surface area contributed by atoms with Gasteiger partial charge in [-0.05, 0) is 29.8 Å². The van der Waals surface area contributed by atoms with Crippen molar-refractivity contribution in [2.45, 2.75) is 6.92 Å². The lowest BCUT2D eigenvalue weighted by molar-refractivity contribution is 1.52. The van der Waals surface area contributed by atoms with Gasteiger partial charge >= 0.3 is 0 Å². The summed E-state index contributed by atoms with van der Waals surface area (Å²) in [6.45, 7) is 2.02. The van der Waals surface area contributed by atoms with Crippen LogP contribution in [0.15, 0.2) is 29.6 Å². The molecule has 0 bridgehead atoms. The standard InChI is InChI=1S/C9H8S/c1-7-2-3-9-8(6-7)4-5-10-9/h2-6H,1H3/i3D. The van der Waals surface area contributed by atoms with Crippen LogP contribution in [0.2, 0.25) is 0 Å². The summed E-state index contributed by atoms with van der Waals surface area (Å²) in [6.07, 6.45) is 0. The molecule has 0 saturated heterocycles. The molecular weight excluding hydrogens is 140 g/mol. The molecule has 50 valence electrons. The Morgan fingerprint density at radius 2 is 2.40 bits per heavy atom. The Hall–Kier alpha value is -0.820. The van der Waals surface area contributed by atoms with Crippen molar-refractivity contribution in [1.82, 2.24) is 0 Å². The molecule has 1 heterocycles. The predicted octanol–water partition coefficient (Wildman–Crippen LogP) is 3.21. The van der Waals surface area contributed by atoms with E-state index in [0.717, 1.165) is 4.70 Å². The summed E-state index contributed by atoms with van der Waals surface area (Å²) in [5.41, 5.74) is 1.17. The van der Waals surface area contributed by atoms with E-state index in [1.165, 1.54) is 10.9 Å². The van der Waals surface area contributed by atoms with Crippen molar-refractivity contribution in [3.63, 3.8) is 0 Å². The minimum atomic E-state index is 0.648. The summed E-state index contributed by atoms with van der Waals surface area (Å²) in [6, 6.07) is 6.73. The third-order valence-corrected chi connectivity index (χ3v) is 2.37. The van der Waals surface area contributed by atoms with Crippen molar-refractivity contribution in [3.8, 4) is 0 Å². The normalized spacial score (nSPS) is 11.9. The van der Waals surface area contributed by atoms with E-state index >= 15 is 0 Å². The van der Waals surface area contributed by atoms with Gasteiger partial charge in [0.05, 0.1) is 1.37 Å². The Morgan fingerprint density at radius 3 is 3.30 bits per heavy atom. The van der Waals surface area contributed by atoms with Crippen molar-refractivity contribution in [3.05, 3.63) is 35.2 Å². The molecule has 10 heavy (non-hydrogen) atoms. The number of benzene rings is 1. The number of fused-ring (bicyclic) bond motifs is 1. The topological polar surface area (TPSA) is 0 Å². The summed E-state index contributed by atoms with van der Waals surface area (Å²) >= 11 is 1.64. The van der Waals surface area contributed by atoms with Gasteiger partial charge in [-0.3, -0.25) is 0 Å². The van der Waals surface area contributed by atoms with Gasteiger partial charge in [0.1, 0.15) is 0 Å².